The first-order chi connectivity index (χ1) is 14.4. The lowest BCUT2D eigenvalue weighted by atomic mass is 9.83. The van der Waals surface area contributed by atoms with Gasteiger partial charge in [0.1, 0.15) is 0 Å². The molecule has 0 aliphatic heterocycles. The van der Waals surface area contributed by atoms with E-state index in [1.807, 2.05) is 0 Å². The molecule has 0 radical (unpaired) electrons. The SMILES string of the molecule is COC(=O)CCCCCCC(C(=O)OC)C(CCCCCCC(=O)OC)C(=O)OC. The van der Waals surface area contributed by atoms with Crippen LogP contribution in [0.15, 0.2) is 0 Å². The minimum Gasteiger partial charge on any atom is -0.469 e. The third kappa shape index (κ3) is 12.4. The quantitative estimate of drug-likeness (QED) is 0.196. The molecular weight excluding hydrogens is 392 g/mol. The monoisotopic (exact) mass is 430 g/mol. The van der Waals surface area contributed by atoms with Crippen molar-refractivity contribution in [2.45, 2.75) is 77.0 Å². The van der Waals surface area contributed by atoms with E-state index in [9.17, 15) is 19.2 Å². The van der Waals surface area contributed by atoms with Gasteiger partial charge in [-0.15, -0.1) is 0 Å². The van der Waals surface area contributed by atoms with Gasteiger partial charge in [0.25, 0.3) is 0 Å². The molecule has 0 rings (SSSR count). The summed E-state index contributed by atoms with van der Waals surface area (Å²) in [4.78, 5) is 46.9. The Morgan fingerprint density at radius 1 is 0.500 bits per heavy atom. The van der Waals surface area contributed by atoms with Crippen LogP contribution in [0.3, 0.4) is 0 Å². The summed E-state index contributed by atoms with van der Waals surface area (Å²) in [7, 11) is 5.39. The van der Waals surface area contributed by atoms with Gasteiger partial charge >= 0.3 is 23.9 Å². The molecule has 0 aromatic heterocycles. The topological polar surface area (TPSA) is 105 Å². The molecule has 0 heterocycles. The van der Waals surface area contributed by atoms with E-state index < -0.39 is 23.8 Å². The van der Waals surface area contributed by atoms with Gasteiger partial charge in [0.2, 0.25) is 0 Å². The molecular formula is C22H38O8. The normalized spacial score (nSPS) is 12.5. The van der Waals surface area contributed by atoms with Crippen LogP contribution >= 0.6 is 0 Å². The first-order valence-electron chi connectivity index (χ1n) is 10.7. The first kappa shape index (κ1) is 27.9. The van der Waals surface area contributed by atoms with Crippen LogP contribution in [0.5, 0.6) is 0 Å². The zero-order valence-corrected chi connectivity index (χ0v) is 18.9. The molecule has 0 fully saturated rings. The summed E-state index contributed by atoms with van der Waals surface area (Å²) in [6, 6.07) is 0. The molecule has 0 aromatic rings. The van der Waals surface area contributed by atoms with Crippen molar-refractivity contribution in [1.82, 2.24) is 0 Å². The Morgan fingerprint density at radius 2 is 0.833 bits per heavy atom. The van der Waals surface area contributed by atoms with Gasteiger partial charge in [-0.2, -0.15) is 0 Å². The molecule has 0 aliphatic rings. The molecule has 174 valence electrons. The second-order valence-corrected chi connectivity index (χ2v) is 7.32. The van der Waals surface area contributed by atoms with E-state index >= 15 is 0 Å². The van der Waals surface area contributed by atoms with Gasteiger partial charge in [-0.25, -0.2) is 0 Å². The lowest BCUT2D eigenvalue weighted by Gasteiger charge is -2.23. The number of unbranched alkanes of at least 4 members (excludes halogenated alkanes) is 6. The Hall–Kier alpha value is -2.12. The first-order valence-corrected chi connectivity index (χ1v) is 10.7. The molecule has 30 heavy (non-hydrogen) atoms. The van der Waals surface area contributed by atoms with E-state index in [1.165, 1.54) is 28.4 Å². The molecule has 0 spiro atoms. The summed E-state index contributed by atoms with van der Waals surface area (Å²) in [5.41, 5.74) is 0. The summed E-state index contributed by atoms with van der Waals surface area (Å²) in [5, 5.41) is 0. The van der Waals surface area contributed by atoms with Crippen molar-refractivity contribution in [3.63, 3.8) is 0 Å². The molecule has 0 aromatic carbocycles. The van der Waals surface area contributed by atoms with E-state index in [4.69, 9.17) is 9.47 Å². The average molecular weight is 431 g/mol. The molecule has 2 unspecified atom stereocenters. The smallest absolute Gasteiger partial charge is 0.309 e. The van der Waals surface area contributed by atoms with Crippen LogP contribution in [0, 0.1) is 11.8 Å². The predicted octanol–water partition coefficient (Wildman–Crippen LogP) is 3.59. The molecule has 0 N–H and O–H groups in total. The standard InChI is InChI=1S/C22H38O8/c1-27-19(23)15-11-7-5-9-13-17(21(25)29-3)18(22(26)30-4)14-10-6-8-12-16-20(24)28-2/h17-18H,5-16H2,1-4H3. The molecule has 0 bridgehead atoms. The fourth-order valence-corrected chi connectivity index (χ4v) is 3.45. The Balaban J connectivity index is 4.55. The van der Waals surface area contributed by atoms with Crippen LogP contribution in [-0.2, 0) is 38.1 Å². The Bertz CT molecular complexity index is 471. The van der Waals surface area contributed by atoms with Crippen LogP contribution in [0.1, 0.15) is 77.0 Å². The number of carbonyl (C=O) groups excluding carboxylic acids is 4. The van der Waals surface area contributed by atoms with E-state index in [0.717, 1.165) is 51.4 Å². The minimum atomic E-state index is -0.543. The van der Waals surface area contributed by atoms with E-state index in [0.29, 0.717) is 25.7 Å². The number of carbonyl (C=O) groups is 4. The summed E-state index contributed by atoms with van der Waals surface area (Å²) in [5.74, 6) is -2.33. The minimum absolute atomic E-state index is 0.222. The highest BCUT2D eigenvalue weighted by atomic mass is 16.5. The Morgan fingerprint density at radius 3 is 1.13 bits per heavy atom. The van der Waals surface area contributed by atoms with Crippen LogP contribution in [0.25, 0.3) is 0 Å². The summed E-state index contributed by atoms with van der Waals surface area (Å²) < 4.78 is 19.1. The molecule has 0 saturated heterocycles. The van der Waals surface area contributed by atoms with Gasteiger partial charge in [0.15, 0.2) is 0 Å². The molecule has 0 amide bonds. The Kier molecular flexibility index (Phi) is 16.5. The lowest BCUT2D eigenvalue weighted by molar-refractivity contribution is -0.158. The van der Waals surface area contributed by atoms with Crippen molar-refractivity contribution in [2.24, 2.45) is 11.8 Å². The van der Waals surface area contributed by atoms with E-state index in [-0.39, 0.29) is 11.9 Å². The van der Waals surface area contributed by atoms with Gasteiger partial charge in [-0.3, -0.25) is 19.2 Å². The summed E-state index contributed by atoms with van der Waals surface area (Å²) >= 11 is 0. The fourth-order valence-electron chi connectivity index (χ4n) is 3.45. The largest absolute Gasteiger partial charge is 0.469 e. The maximum Gasteiger partial charge on any atom is 0.309 e. The molecule has 2 atom stereocenters. The highest BCUT2D eigenvalue weighted by Crippen LogP contribution is 2.27. The van der Waals surface area contributed by atoms with Crippen molar-refractivity contribution in [2.75, 3.05) is 28.4 Å². The summed E-state index contributed by atoms with van der Waals surface area (Å²) in [6.07, 6.45) is 8.25. The number of methoxy groups -OCH3 is 4. The van der Waals surface area contributed by atoms with Crippen LogP contribution in [0.2, 0.25) is 0 Å². The third-order valence-corrected chi connectivity index (χ3v) is 5.24. The number of rotatable bonds is 17. The maximum atomic E-state index is 12.3. The fraction of sp³-hybridized carbons (Fsp3) is 0.818. The van der Waals surface area contributed by atoms with E-state index in [1.54, 1.807) is 0 Å². The predicted molar refractivity (Wildman–Crippen MR) is 110 cm³/mol. The summed E-state index contributed by atoms with van der Waals surface area (Å²) in [6.45, 7) is 0. The highest BCUT2D eigenvalue weighted by molar-refractivity contribution is 5.82. The van der Waals surface area contributed by atoms with Gasteiger partial charge in [-0.1, -0.05) is 38.5 Å². The average Bonchev–Trinajstić information content (AvgIpc) is 2.77. The van der Waals surface area contributed by atoms with Crippen molar-refractivity contribution >= 4 is 23.9 Å². The molecule has 0 saturated carbocycles. The molecule has 0 aliphatic carbocycles. The molecule has 8 heteroatoms. The zero-order chi connectivity index (χ0) is 22.8. The number of hydrogen-bond donors (Lipinski definition) is 0. The second kappa shape index (κ2) is 17.7. The van der Waals surface area contributed by atoms with Crippen molar-refractivity contribution in [3.8, 4) is 0 Å². The van der Waals surface area contributed by atoms with Crippen LogP contribution in [0.4, 0.5) is 0 Å². The van der Waals surface area contributed by atoms with Crippen molar-refractivity contribution in [3.05, 3.63) is 0 Å². The van der Waals surface area contributed by atoms with Gasteiger partial charge in [-0.05, 0) is 25.7 Å². The number of esters is 4. The highest BCUT2D eigenvalue weighted by Gasteiger charge is 2.34. The molecule has 8 nitrogen and oxygen atoms in total. The Labute approximate surface area is 180 Å². The van der Waals surface area contributed by atoms with Crippen LogP contribution < -0.4 is 0 Å². The van der Waals surface area contributed by atoms with Crippen molar-refractivity contribution < 1.29 is 38.1 Å². The van der Waals surface area contributed by atoms with Gasteiger partial charge < -0.3 is 18.9 Å². The van der Waals surface area contributed by atoms with Crippen LogP contribution in [-0.4, -0.2) is 52.3 Å². The van der Waals surface area contributed by atoms with Crippen molar-refractivity contribution in [1.29, 1.82) is 0 Å². The van der Waals surface area contributed by atoms with Gasteiger partial charge in [0, 0.05) is 12.8 Å². The number of ether oxygens (including phenoxy) is 4. The zero-order valence-electron chi connectivity index (χ0n) is 18.9. The lowest BCUT2D eigenvalue weighted by Crippen LogP contribution is -2.32. The van der Waals surface area contributed by atoms with Gasteiger partial charge in [0.05, 0.1) is 40.3 Å². The number of hydrogen-bond acceptors (Lipinski definition) is 8. The van der Waals surface area contributed by atoms with E-state index in [2.05, 4.69) is 9.47 Å². The second-order valence-electron chi connectivity index (χ2n) is 7.32. The third-order valence-electron chi connectivity index (χ3n) is 5.24. The maximum absolute atomic E-state index is 12.3.